The van der Waals surface area contributed by atoms with Gasteiger partial charge in [0.1, 0.15) is 23.5 Å². The molecule has 21 heavy (non-hydrogen) atoms. The Bertz CT molecular complexity index is 583. The summed E-state index contributed by atoms with van der Waals surface area (Å²) in [4.78, 5) is 0. The largest absolute Gasteiger partial charge is 0.484 e. The lowest BCUT2D eigenvalue weighted by atomic mass is 10.0. The van der Waals surface area contributed by atoms with E-state index in [-0.39, 0.29) is 11.8 Å². The van der Waals surface area contributed by atoms with Crippen LogP contribution in [0.5, 0.6) is 5.75 Å². The minimum atomic E-state index is -0.690. The molecule has 2 unspecified atom stereocenters. The van der Waals surface area contributed by atoms with E-state index in [1.54, 1.807) is 24.3 Å². The monoisotopic (exact) mass is 311 g/mol. The number of hydrogen-bond donors (Lipinski definition) is 1. The molecule has 0 bridgehead atoms. The third-order valence-electron chi connectivity index (χ3n) is 3.16. The number of rotatable bonds is 5. The van der Waals surface area contributed by atoms with Crippen molar-refractivity contribution in [2.24, 2.45) is 5.73 Å². The van der Waals surface area contributed by atoms with Crippen LogP contribution in [-0.2, 0) is 0 Å². The summed E-state index contributed by atoms with van der Waals surface area (Å²) in [6.07, 6.45) is 0.152. The van der Waals surface area contributed by atoms with Gasteiger partial charge in [0.05, 0.1) is 0 Å². The van der Waals surface area contributed by atoms with E-state index in [1.165, 1.54) is 0 Å². The van der Waals surface area contributed by atoms with Gasteiger partial charge in [0.25, 0.3) is 0 Å². The molecule has 0 aliphatic rings. The summed E-state index contributed by atoms with van der Waals surface area (Å²) in [5.74, 6) is -1.27. The van der Waals surface area contributed by atoms with E-state index in [0.717, 1.165) is 23.8 Å². The van der Waals surface area contributed by atoms with Crippen LogP contribution in [0.25, 0.3) is 0 Å². The summed E-state index contributed by atoms with van der Waals surface area (Å²) in [6.45, 7) is 1.92. The molecule has 0 fully saturated rings. The van der Waals surface area contributed by atoms with E-state index in [1.807, 2.05) is 6.92 Å². The van der Waals surface area contributed by atoms with Crippen LogP contribution >= 0.6 is 11.6 Å². The van der Waals surface area contributed by atoms with E-state index in [9.17, 15) is 8.78 Å². The molecule has 2 aromatic rings. The van der Waals surface area contributed by atoms with Gasteiger partial charge < -0.3 is 10.5 Å². The molecular formula is C16H16ClF2NO. The molecule has 0 aromatic heterocycles. The molecule has 0 aliphatic heterocycles. The first-order valence-corrected chi connectivity index (χ1v) is 7.01. The molecule has 2 aromatic carbocycles. The molecular weight excluding hydrogens is 296 g/mol. The summed E-state index contributed by atoms with van der Waals surface area (Å²) < 4.78 is 32.2. The summed E-state index contributed by atoms with van der Waals surface area (Å²) in [7, 11) is 0. The van der Waals surface area contributed by atoms with Crippen LogP contribution in [0.15, 0.2) is 42.5 Å². The molecule has 0 aliphatic carbocycles. The molecule has 0 radical (unpaired) electrons. The molecule has 2 rings (SSSR count). The Morgan fingerprint density at radius 1 is 1.10 bits per heavy atom. The van der Waals surface area contributed by atoms with Crippen LogP contribution < -0.4 is 10.5 Å². The highest BCUT2D eigenvalue weighted by Gasteiger charge is 2.21. The van der Waals surface area contributed by atoms with Crippen molar-refractivity contribution in [3.63, 3.8) is 0 Å². The van der Waals surface area contributed by atoms with Gasteiger partial charge in [-0.25, -0.2) is 8.78 Å². The molecule has 2 nitrogen and oxygen atoms in total. The molecule has 2 N–H and O–H groups in total. The second kappa shape index (κ2) is 6.87. The molecule has 5 heteroatoms. The van der Waals surface area contributed by atoms with Crippen LogP contribution in [0, 0.1) is 11.6 Å². The van der Waals surface area contributed by atoms with Crippen LogP contribution in [0.4, 0.5) is 8.78 Å². The third-order valence-corrected chi connectivity index (χ3v) is 3.41. The van der Waals surface area contributed by atoms with E-state index in [0.29, 0.717) is 11.4 Å². The maximum Gasteiger partial charge on any atom is 0.139 e. The zero-order valence-electron chi connectivity index (χ0n) is 11.5. The van der Waals surface area contributed by atoms with Gasteiger partial charge in [-0.3, -0.25) is 0 Å². The van der Waals surface area contributed by atoms with Gasteiger partial charge in [-0.15, -0.1) is 0 Å². The number of nitrogens with two attached hydrogens (primary N) is 1. The Morgan fingerprint density at radius 2 is 1.67 bits per heavy atom. The van der Waals surface area contributed by atoms with Crippen molar-refractivity contribution in [3.8, 4) is 5.75 Å². The molecule has 2 atom stereocenters. The van der Waals surface area contributed by atoms with Gasteiger partial charge in [-0.05, 0) is 24.1 Å². The minimum Gasteiger partial charge on any atom is -0.484 e. The maximum atomic E-state index is 13.2. The summed E-state index contributed by atoms with van der Waals surface area (Å²) >= 11 is 5.86. The SMILES string of the molecule is CCC(N)C(Oc1cc(F)cc(F)c1)c1ccc(Cl)cc1. The average Bonchev–Trinajstić information content (AvgIpc) is 2.44. The topological polar surface area (TPSA) is 35.2 Å². The molecule has 0 heterocycles. The van der Waals surface area contributed by atoms with Crippen LogP contribution in [0.1, 0.15) is 25.0 Å². The van der Waals surface area contributed by atoms with Crippen molar-refractivity contribution in [2.45, 2.75) is 25.5 Å². The quantitative estimate of drug-likeness (QED) is 0.884. The Kier molecular flexibility index (Phi) is 5.15. The van der Waals surface area contributed by atoms with Crippen LogP contribution in [-0.4, -0.2) is 6.04 Å². The predicted octanol–water partition coefficient (Wildman–Crippen LogP) is 4.48. The fourth-order valence-electron chi connectivity index (χ4n) is 2.01. The Morgan fingerprint density at radius 3 is 2.19 bits per heavy atom. The Labute approximate surface area is 127 Å². The van der Waals surface area contributed by atoms with Gasteiger partial charge in [0, 0.05) is 29.3 Å². The minimum absolute atomic E-state index is 0.108. The highest BCUT2D eigenvalue weighted by atomic mass is 35.5. The highest BCUT2D eigenvalue weighted by Crippen LogP contribution is 2.27. The second-order valence-electron chi connectivity index (χ2n) is 4.77. The summed E-state index contributed by atoms with van der Waals surface area (Å²) in [5, 5.41) is 0.597. The maximum absolute atomic E-state index is 13.2. The van der Waals surface area contributed by atoms with Crippen LogP contribution in [0.3, 0.4) is 0 Å². The summed E-state index contributed by atoms with van der Waals surface area (Å²) in [5.41, 5.74) is 6.87. The second-order valence-corrected chi connectivity index (χ2v) is 5.20. The fourth-order valence-corrected chi connectivity index (χ4v) is 2.14. The summed E-state index contributed by atoms with van der Waals surface area (Å²) in [6, 6.07) is 9.78. The standard InChI is InChI=1S/C16H16ClF2NO/c1-2-15(20)16(10-3-5-11(17)6-4-10)21-14-8-12(18)7-13(19)9-14/h3-9,15-16H,2,20H2,1H3. The van der Waals surface area contributed by atoms with Crippen molar-refractivity contribution >= 4 is 11.6 Å². The molecule has 0 amide bonds. The Hall–Kier alpha value is -1.65. The van der Waals surface area contributed by atoms with E-state index >= 15 is 0 Å². The lowest BCUT2D eigenvalue weighted by molar-refractivity contribution is 0.169. The number of benzene rings is 2. The molecule has 0 saturated carbocycles. The first-order chi connectivity index (χ1) is 9.99. The van der Waals surface area contributed by atoms with E-state index in [4.69, 9.17) is 22.1 Å². The number of hydrogen-bond acceptors (Lipinski definition) is 2. The van der Waals surface area contributed by atoms with Crippen molar-refractivity contribution < 1.29 is 13.5 Å². The van der Waals surface area contributed by atoms with Gasteiger partial charge in [0.2, 0.25) is 0 Å². The zero-order valence-corrected chi connectivity index (χ0v) is 12.3. The molecule has 0 saturated heterocycles. The first-order valence-electron chi connectivity index (χ1n) is 6.63. The number of halogens is 3. The molecule has 112 valence electrons. The first kappa shape index (κ1) is 15.7. The Balaban J connectivity index is 2.30. The lowest BCUT2D eigenvalue weighted by Gasteiger charge is -2.25. The van der Waals surface area contributed by atoms with Gasteiger partial charge in [-0.1, -0.05) is 30.7 Å². The van der Waals surface area contributed by atoms with Gasteiger partial charge in [-0.2, -0.15) is 0 Å². The fraction of sp³-hybridized carbons (Fsp3) is 0.250. The van der Waals surface area contributed by atoms with Crippen molar-refractivity contribution in [1.29, 1.82) is 0 Å². The van der Waals surface area contributed by atoms with Crippen molar-refractivity contribution in [3.05, 3.63) is 64.7 Å². The zero-order chi connectivity index (χ0) is 15.4. The smallest absolute Gasteiger partial charge is 0.139 e. The molecule has 0 spiro atoms. The normalized spacial score (nSPS) is 13.8. The number of ether oxygens (including phenoxy) is 1. The van der Waals surface area contributed by atoms with E-state index < -0.39 is 17.7 Å². The van der Waals surface area contributed by atoms with Gasteiger partial charge >= 0.3 is 0 Å². The average molecular weight is 312 g/mol. The lowest BCUT2D eigenvalue weighted by Crippen LogP contribution is -2.31. The van der Waals surface area contributed by atoms with Crippen molar-refractivity contribution in [2.75, 3.05) is 0 Å². The third kappa shape index (κ3) is 4.16. The predicted molar refractivity (Wildman–Crippen MR) is 79.4 cm³/mol. The van der Waals surface area contributed by atoms with Crippen molar-refractivity contribution in [1.82, 2.24) is 0 Å². The van der Waals surface area contributed by atoms with Gasteiger partial charge in [0.15, 0.2) is 0 Å². The highest BCUT2D eigenvalue weighted by molar-refractivity contribution is 6.30. The van der Waals surface area contributed by atoms with E-state index in [2.05, 4.69) is 0 Å². The van der Waals surface area contributed by atoms with Crippen LogP contribution in [0.2, 0.25) is 5.02 Å².